The number of rotatable bonds is 48. The summed E-state index contributed by atoms with van der Waals surface area (Å²) in [6.07, 6.45) is 48.8. The number of carbonyl (C=O) groups is 2. The minimum absolute atomic E-state index is 0.136. The van der Waals surface area contributed by atoms with E-state index in [-0.39, 0.29) is 19.4 Å². The fourth-order valence-electron chi connectivity index (χ4n) is 7.17. The van der Waals surface area contributed by atoms with Gasteiger partial charge in [0.1, 0.15) is 12.7 Å². The maximum absolute atomic E-state index is 12.7. The second kappa shape index (κ2) is 46.4. The average molecular weight is 887 g/mol. The van der Waals surface area contributed by atoms with Crippen molar-refractivity contribution in [2.24, 2.45) is 0 Å². The number of allylic oxidation sites excluding steroid dienone is 4. The van der Waals surface area contributed by atoms with Crippen molar-refractivity contribution in [3.8, 4) is 0 Å². The third kappa shape index (κ3) is 46.3. The summed E-state index contributed by atoms with van der Waals surface area (Å²) in [6, 6.07) is 0. The van der Waals surface area contributed by atoms with Gasteiger partial charge in [-0.2, -0.15) is 0 Å². The summed E-state index contributed by atoms with van der Waals surface area (Å²) in [5, 5.41) is 18.4. The molecule has 0 spiro atoms. The second-order valence-corrected chi connectivity index (χ2v) is 18.6. The zero-order chi connectivity index (χ0) is 44.8. The highest BCUT2D eigenvalue weighted by Gasteiger charge is 2.27. The summed E-state index contributed by atoms with van der Waals surface area (Å²) >= 11 is 0. The number of phosphoric acid groups is 1. The summed E-state index contributed by atoms with van der Waals surface area (Å²) in [4.78, 5) is 35.1. The molecule has 10 nitrogen and oxygen atoms in total. The molecule has 0 radical (unpaired) electrons. The summed E-state index contributed by atoms with van der Waals surface area (Å²) < 4.78 is 32.8. The lowest BCUT2D eigenvalue weighted by molar-refractivity contribution is -0.161. The number of unbranched alkanes of at least 4 members (excludes halogenated alkanes) is 30. The molecule has 0 amide bonds. The number of hydrogen-bond donors (Lipinski definition) is 3. The Balaban J connectivity index is 4.19. The molecule has 61 heavy (non-hydrogen) atoms. The van der Waals surface area contributed by atoms with Gasteiger partial charge >= 0.3 is 19.8 Å². The van der Waals surface area contributed by atoms with Gasteiger partial charge in [-0.1, -0.05) is 199 Å². The van der Waals surface area contributed by atoms with Gasteiger partial charge in [0.05, 0.1) is 19.8 Å². The fourth-order valence-corrected chi connectivity index (χ4v) is 7.96. The van der Waals surface area contributed by atoms with Crippen LogP contribution in [0.15, 0.2) is 24.3 Å². The van der Waals surface area contributed by atoms with Crippen molar-refractivity contribution < 1.29 is 47.8 Å². The van der Waals surface area contributed by atoms with Crippen molar-refractivity contribution in [3.05, 3.63) is 24.3 Å². The molecule has 3 N–H and O–H groups in total. The van der Waals surface area contributed by atoms with Crippen LogP contribution in [0.2, 0.25) is 0 Å². The van der Waals surface area contributed by atoms with Crippen LogP contribution >= 0.6 is 7.82 Å². The number of aliphatic hydroxyl groups excluding tert-OH is 2. The molecule has 0 aliphatic rings. The van der Waals surface area contributed by atoms with Gasteiger partial charge in [-0.05, 0) is 57.8 Å². The monoisotopic (exact) mass is 887 g/mol. The number of hydrogen-bond acceptors (Lipinski definition) is 9. The van der Waals surface area contributed by atoms with E-state index in [4.69, 9.17) is 23.6 Å². The first-order valence-electron chi connectivity index (χ1n) is 25.3. The highest BCUT2D eigenvalue weighted by molar-refractivity contribution is 7.47. The highest BCUT2D eigenvalue weighted by Crippen LogP contribution is 2.43. The minimum Gasteiger partial charge on any atom is -0.462 e. The molecule has 0 aromatic heterocycles. The highest BCUT2D eigenvalue weighted by atomic mass is 31.2. The topological polar surface area (TPSA) is 149 Å². The lowest BCUT2D eigenvalue weighted by Crippen LogP contribution is -2.29. The Morgan fingerprint density at radius 2 is 0.820 bits per heavy atom. The first-order valence-corrected chi connectivity index (χ1v) is 26.8. The van der Waals surface area contributed by atoms with E-state index in [2.05, 4.69) is 38.2 Å². The van der Waals surface area contributed by atoms with E-state index < -0.39 is 51.8 Å². The molecule has 0 saturated heterocycles. The van der Waals surface area contributed by atoms with E-state index in [0.717, 1.165) is 38.5 Å². The van der Waals surface area contributed by atoms with Crippen LogP contribution in [0.1, 0.15) is 245 Å². The molecule has 0 rings (SSSR count). The fraction of sp³-hybridized carbons (Fsp3) is 0.880. The van der Waals surface area contributed by atoms with Crippen LogP contribution in [0, 0.1) is 0 Å². The van der Waals surface area contributed by atoms with E-state index >= 15 is 0 Å². The molecular weight excluding hydrogens is 792 g/mol. The van der Waals surface area contributed by atoms with Gasteiger partial charge in [0.25, 0.3) is 0 Å². The van der Waals surface area contributed by atoms with E-state index in [1.165, 1.54) is 167 Å². The predicted molar refractivity (Wildman–Crippen MR) is 252 cm³/mol. The van der Waals surface area contributed by atoms with Gasteiger partial charge < -0.3 is 24.6 Å². The molecule has 0 aromatic rings. The molecular formula is C50H95O10P. The van der Waals surface area contributed by atoms with Gasteiger partial charge in [0.15, 0.2) is 6.10 Å². The maximum Gasteiger partial charge on any atom is 0.472 e. The van der Waals surface area contributed by atoms with Crippen molar-refractivity contribution in [3.63, 3.8) is 0 Å². The number of ether oxygens (including phenoxy) is 2. The third-order valence-electron chi connectivity index (χ3n) is 11.1. The Kier molecular flexibility index (Phi) is 45.3. The zero-order valence-corrected chi connectivity index (χ0v) is 40.3. The molecule has 3 atom stereocenters. The van der Waals surface area contributed by atoms with Crippen LogP contribution in [0.5, 0.6) is 0 Å². The SMILES string of the molecule is CCCCCCCCCC/C=C/CCCCCC(=O)OC[C@H](COP(=O)(O)OC[C@@H](O)CO)OC(=O)CCC/C=C/CCCCCCCCCCCCCCCCCCCC. The van der Waals surface area contributed by atoms with Crippen molar-refractivity contribution in [2.45, 2.75) is 257 Å². The smallest absolute Gasteiger partial charge is 0.462 e. The minimum atomic E-state index is -4.63. The number of carbonyl (C=O) groups excluding carboxylic acids is 2. The van der Waals surface area contributed by atoms with E-state index in [9.17, 15) is 24.2 Å². The number of aliphatic hydroxyl groups is 2. The maximum atomic E-state index is 12.7. The second-order valence-electron chi connectivity index (χ2n) is 17.2. The largest absolute Gasteiger partial charge is 0.472 e. The van der Waals surface area contributed by atoms with Crippen LogP contribution in [-0.2, 0) is 32.7 Å². The quantitative estimate of drug-likeness (QED) is 0.0233. The van der Waals surface area contributed by atoms with Gasteiger partial charge in [0.2, 0.25) is 0 Å². The summed E-state index contributed by atoms with van der Waals surface area (Å²) in [7, 11) is -4.63. The zero-order valence-electron chi connectivity index (χ0n) is 39.4. The molecule has 0 aliphatic carbocycles. The molecule has 0 saturated carbocycles. The molecule has 1 unspecified atom stereocenters. The number of phosphoric ester groups is 1. The lowest BCUT2D eigenvalue weighted by Gasteiger charge is -2.20. The lowest BCUT2D eigenvalue weighted by atomic mass is 10.0. The van der Waals surface area contributed by atoms with Crippen molar-refractivity contribution in [1.29, 1.82) is 0 Å². The Bertz CT molecular complexity index is 1070. The molecule has 0 heterocycles. The van der Waals surface area contributed by atoms with Gasteiger partial charge in [-0.15, -0.1) is 0 Å². The van der Waals surface area contributed by atoms with Gasteiger partial charge in [0, 0.05) is 12.8 Å². The van der Waals surface area contributed by atoms with Crippen molar-refractivity contribution in [1.82, 2.24) is 0 Å². The van der Waals surface area contributed by atoms with E-state index in [1.54, 1.807) is 0 Å². The van der Waals surface area contributed by atoms with Crippen LogP contribution in [0.4, 0.5) is 0 Å². The Hall–Kier alpha value is -1.55. The Morgan fingerprint density at radius 1 is 0.475 bits per heavy atom. The van der Waals surface area contributed by atoms with Crippen LogP contribution < -0.4 is 0 Å². The van der Waals surface area contributed by atoms with Crippen LogP contribution in [0.25, 0.3) is 0 Å². The summed E-state index contributed by atoms with van der Waals surface area (Å²) in [5.41, 5.74) is 0. The third-order valence-corrected chi connectivity index (χ3v) is 12.0. The molecule has 360 valence electrons. The molecule has 0 aliphatic heterocycles. The molecule has 0 bridgehead atoms. The van der Waals surface area contributed by atoms with E-state index in [1.807, 2.05) is 0 Å². The molecule has 0 fully saturated rings. The van der Waals surface area contributed by atoms with Crippen LogP contribution in [0.3, 0.4) is 0 Å². The van der Waals surface area contributed by atoms with E-state index in [0.29, 0.717) is 12.8 Å². The first-order chi connectivity index (χ1) is 29.7. The molecule has 0 aromatic carbocycles. The molecule has 11 heteroatoms. The predicted octanol–water partition coefficient (Wildman–Crippen LogP) is 14.1. The normalized spacial score (nSPS) is 13.9. The Labute approximate surface area is 374 Å². The van der Waals surface area contributed by atoms with Crippen LogP contribution in [-0.4, -0.2) is 65.7 Å². The Morgan fingerprint density at radius 3 is 1.23 bits per heavy atom. The summed E-state index contributed by atoms with van der Waals surface area (Å²) in [6.45, 7) is 2.37. The average Bonchev–Trinajstić information content (AvgIpc) is 3.25. The van der Waals surface area contributed by atoms with Gasteiger partial charge in [-0.3, -0.25) is 18.6 Å². The standard InChI is InChI=1S/C50H95O10P/c1-3-5-7-9-11-13-15-17-19-20-21-22-23-24-25-26-28-30-32-34-36-38-40-42-50(54)60-48(46-59-61(55,56)58-44-47(52)43-51)45-57-49(53)41-39-37-35-33-31-29-27-18-16-14-12-10-8-6-4-2/h29,31,34,36,47-48,51-52H,3-28,30,32-33,35,37-46H2,1-2H3,(H,55,56)/b31-29+,36-34+/t47-,48+/m0/s1. The van der Waals surface area contributed by atoms with Gasteiger partial charge in [-0.25, -0.2) is 4.57 Å². The van der Waals surface area contributed by atoms with Crippen molar-refractivity contribution in [2.75, 3.05) is 26.4 Å². The number of esters is 2. The first kappa shape index (κ1) is 59.5. The van der Waals surface area contributed by atoms with Crippen molar-refractivity contribution >= 4 is 19.8 Å². The summed E-state index contributed by atoms with van der Waals surface area (Å²) in [5.74, 6) is -0.970.